The van der Waals surface area contributed by atoms with Gasteiger partial charge in [0, 0.05) is 55.9 Å². The van der Waals surface area contributed by atoms with Crippen LogP contribution in [0.25, 0.3) is 82.5 Å². The largest absolute Gasteiger partial charge is 0.456 e. The van der Waals surface area contributed by atoms with Gasteiger partial charge in [-0.15, -0.1) is 0 Å². The molecule has 0 atom stereocenters. The Morgan fingerprint density at radius 1 is 0.364 bits per heavy atom. The zero-order chi connectivity index (χ0) is 36.3. The van der Waals surface area contributed by atoms with Gasteiger partial charge in [0.2, 0.25) is 0 Å². The molecule has 0 saturated carbocycles. The Morgan fingerprint density at radius 2 is 0.964 bits per heavy atom. The summed E-state index contributed by atoms with van der Waals surface area (Å²) >= 11 is 0. The lowest BCUT2D eigenvalue weighted by Gasteiger charge is -2.25. The Morgan fingerprint density at radius 3 is 1.75 bits per heavy atom. The van der Waals surface area contributed by atoms with E-state index >= 15 is 0 Å². The molecule has 0 aliphatic carbocycles. The summed E-state index contributed by atoms with van der Waals surface area (Å²) in [4.78, 5) is 2.30. The number of rotatable bonds is 6. The van der Waals surface area contributed by atoms with Crippen LogP contribution in [0.5, 0.6) is 0 Å². The quantitative estimate of drug-likeness (QED) is 0.172. The Hall–Kier alpha value is -7.36. The standard InChI is InChI=1S/C52H34N2O/c1-4-15-35(16-5-1)36-27-29-39(30-28-36)53(37-17-6-2-7-18-37)40-31-32-46-49(33-40)55-50-34-47(41-21-10-11-23-43(41)51(46)50)45-25-14-24-44-42-22-12-13-26-48(42)54(52(44)45)38-19-8-3-9-20-38/h1-34H. The van der Waals surface area contributed by atoms with E-state index in [4.69, 9.17) is 4.42 Å². The molecule has 2 heterocycles. The molecule has 0 N–H and O–H groups in total. The molecule has 258 valence electrons. The summed E-state index contributed by atoms with van der Waals surface area (Å²) < 4.78 is 9.33. The fourth-order valence-corrected chi connectivity index (χ4v) is 8.53. The molecule has 0 saturated heterocycles. The van der Waals surface area contributed by atoms with Gasteiger partial charge in [-0.3, -0.25) is 0 Å². The van der Waals surface area contributed by atoms with Gasteiger partial charge in [-0.05, 0) is 88.1 Å². The molecule has 0 amide bonds. The highest BCUT2D eigenvalue weighted by Crippen LogP contribution is 2.45. The number of hydrogen-bond donors (Lipinski definition) is 0. The van der Waals surface area contributed by atoms with E-state index in [1.165, 1.54) is 49.3 Å². The van der Waals surface area contributed by atoms with Crippen molar-refractivity contribution in [3.05, 3.63) is 206 Å². The molecule has 3 nitrogen and oxygen atoms in total. The Kier molecular flexibility index (Phi) is 7.17. The number of anilines is 3. The fraction of sp³-hybridized carbons (Fsp3) is 0. The Bertz CT molecular complexity index is 3180. The van der Waals surface area contributed by atoms with Crippen LogP contribution >= 0.6 is 0 Å². The lowest BCUT2D eigenvalue weighted by atomic mass is 9.93. The third-order valence-corrected chi connectivity index (χ3v) is 11.0. The fourth-order valence-electron chi connectivity index (χ4n) is 8.53. The van der Waals surface area contributed by atoms with Crippen LogP contribution in [0, 0.1) is 0 Å². The minimum Gasteiger partial charge on any atom is -0.456 e. The zero-order valence-electron chi connectivity index (χ0n) is 29.9. The third kappa shape index (κ3) is 5.05. The van der Waals surface area contributed by atoms with E-state index in [9.17, 15) is 0 Å². The van der Waals surface area contributed by atoms with Crippen molar-refractivity contribution in [2.75, 3.05) is 4.90 Å². The van der Waals surface area contributed by atoms with Crippen molar-refractivity contribution in [2.24, 2.45) is 0 Å². The van der Waals surface area contributed by atoms with E-state index in [1.807, 2.05) is 0 Å². The van der Waals surface area contributed by atoms with Crippen LogP contribution in [0.3, 0.4) is 0 Å². The summed E-state index contributed by atoms with van der Waals surface area (Å²) in [6, 6.07) is 73.6. The van der Waals surface area contributed by atoms with Gasteiger partial charge in [0.05, 0.1) is 11.0 Å². The third-order valence-electron chi connectivity index (χ3n) is 11.0. The molecule has 0 aliphatic heterocycles. The van der Waals surface area contributed by atoms with Gasteiger partial charge in [-0.1, -0.05) is 140 Å². The highest BCUT2D eigenvalue weighted by atomic mass is 16.3. The van der Waals surface area contributed by atoms with E-state index in [0.717, 1.165) is 50.3 Å². The Labute approximate surface area is 318 Å². The zero-order valence-corrected chi connectivity index (χ0v) is 29.9. The maximum atomic E-state index is 6.91. The smallest absolute Gasteiger partial charge is 0.137 e. The normalized spacial score (nSPS) is 11.6. The van der Waals surface area contributed by atoms with E-state index in [-0.39, 0.29) is 0 Å². The van der Waals surface area contributed by atoms with E-state index in [0.29, 0.717) is 0 Å². The van der Waals surface area contributed by atoms with Gasteiger partial charge in [0.1, 0.15) is 11.2 Å². The summed E-state index contributed by atoms with van der Waals surface area (Å²) in [7, 11) is 0. The van der Waals surface area contributed by atoms with Gasteiger partial charge >= 0.3 is 0 Å². The second kappa shape index (κ2) is 12.6. The number of benzene rings is 9. The maximum absolute atomic E-state index is 6.91. The van der Waals surface area contributed by atoms with Crippen molar-refractivity contribution < 1.29 is 4.42 Å². The van der Waals surface area contributed by atoms with Crippen molar-refractivity contribution in [3.8, 4) is 27.9 Å². The van der Waals surface area contributed by atoms with Gasteiger partial charge in [0.15, 0.2) is 0 Å². The van der Waals surface area contributed by atoms with Gasteiger partial charge in [-0.2, -0.15) is 0 Å². The first-order valence-electron chi connectivity index (χ1n) is 18.8. The van der Waals surface area contributed by atoms with Crippen LogP contribution in [-0.2, 0) is 0 Å². The number of furan rings is 1. The van der Waals surface area contributed by atoms with Crippen LogP contribution in [0.4, 0.5) is 17.1 Å². The molecular weight excluding hydrogens is 669 g/mol. The summed E-state index contributed by atoms with van der Waals surface area (Å²) in [5.74, 6) is 0. The van der Waals surface area contributed by atoms with Crippen molar-refractivity contribution in [1.82, 2.24) is 4.57 Å². The number of fused-ring (bicyclic) bond motifs is 8. The summed E-state index contributed by atoms with van der Waals surface area (Å²) in [6.07, 6.45) is 0. The topological polar surface area (TPSA) is 21.3 Å². The van der Waals surface area contributed by atoms with Crippen molar-refractivity contribution in [2.45, 2.75) is 0 Å². The van der Waals surface area contributed by atoms with Crippen molar-refractivity contribution in [1.29, 1.82) is 0 Å². The highest BCUT2D eigenvalue weighted by molar-refractivity contribution is 6.24. The molecule has 0 fully saturated rings. The van der Waals surface area contributed by atoms with E-state index < -0.39 is 0 Å². The van der Waals surface area contributed by atoms with E-state index in [2.05, 4.69) is 216 Å². The van der Waals surface area contributed by atoms with Gasteiger partial charge in [-0.25, -0.2) is 0 Å². The molecule has 0 spiro atoms. The SMILES string of the molecule is c1ccc(-c2ccc(N(c3ccccc3)c3ccc4c(c3)oc3cc(-c5cccc6c7ccccc7n(-c7ccccc7)c56)c5ccccc5c34)cc2)cc1. The second-order valence-electron chi connectivity index (χ2n) is 14.1. The maximum Gasteiger partial charge on any atom is 0.137 e. The first kappa shape index (κ1) is 31.2. The summed E-state index contributed by atoms with van der Waals surface area (Å²) in [6.45, 7) is 0. The number of hydrogen-bond acceptors (Lipinski definition) is 2. The summed E-state index contributed by atoms with van der Waals surface area (Å²) in [5, 5.41) is 7.08. The Balaban J connectivity index is 1.11. The molecule has 0 aliphatic rings. The van der Waals surface area contributed by atoms with Crippen molar-refractivity contribution in [3.63, 3.8) is 0 Å². The lowest BCUT2D eigenvalue weighted by molar-refractivity contribution is 0.669. The van der Waals surface area contributed by atoms with E-state index in [1.54, 1.807) is 0 Å². The molecule has 0 radical (unpaired) electrons. The monoisotopic (exact) mass is 702 g/mol. The molecule has 3 heteroatoms. The lowest BCUT2D eigenvalue weighted by Crippen LogP contribution is -2.09. The minimum absolute atomic E-state index is 0.855. The summed E-state index contributed by atoms with van der Waals surface area (Å²) in [5.41, 5.74) is 13.2. The predicted molar refractivity (Wildman–Crippen MR) is 231 cm³/mol. The van der Waals surface area contributed by atoms with Crippen LogP contribution in [0.2, 0.25) is 0 Å². The first-order chi connectivity index (χ1) is 27.3. The van der Waals surface area contributed by atoms with Crippen LogP contribution in [0.1, 0.15) is 0 Å². The average molecular weight is 703 g/mol. The molecule has 2 aromatic heterocycles. The molecule has 11 rings (SSSR count). The molecule has 55 heavy (non-hydrogen) atoms. The van der Waals surface area contributed by atoms with Crippen LogP contribution in [-0.4, -0.2) is 4.57 Å². The highest BCUT2D eigenvalue weighted by Gasteiger charge is 2.21. The van der Waals surface area contributed by atoms with Crippen LogP contribution in [0.15, 0.2) is 211 Å². The minimum atomic E-state index is 0.855. The molecule has 9 aromatic carbocycles. The first-order valence-corrected chi connectivity index (χ1v) is 18.8. The number of para-hydroxylation sites is 4. The van der Waals surface area contributed by atoms with Crippen LogP contribution < -0.4 is 4.90 Å². The number of aromatic nitrogens is 1. The van der Waals surface area contributed by atoms with Gasteiger partial charge < -0.3 is 13.9 Å². The predicted octanol–water partition coefficient (Wildman–Crippen LogP) is 14.6. The molecule has 0 unspecified atom stereocenters. The second-order valence-corrected chi connectivity index (χ2v) is 14.1. The molecular formula is C52H34N2O. The van der Waals surface area contributed by atoms with Crippen molar-refractivity contribution >= 4 is 71.6 Å². The van der Waals surface area contributed by atoms with Gasteiger partial charge in [0.25, 0.3) is 0 Å². The molecule has 0 bridgehead atoms. The number of nitrogens with zero attached hydrogens (tertiary/aromatic N) is 2. The average Bonchev–Trinajstić information content (AvgIpc) is 3.80. The molecule has 11 aromatic rings.